The summed E-state index contributed by atoms with van der Waals surface area (Å²) in [6.07, 6.45) is 0.927. The van der Waals surface area contributed by atoms with Gasteiger partial charge >= 0.3 is 0 Å². The number of carbonyl (C=O) groups excluding carboxylic acids is 1. The van der Waals surface area contributed by atoms with Gasteiger partial charge in [-0.2, -0.15) is 0 Å². The largest absolute Gasteiger partial charge is 0.482 e. The molecular weight excluding hydrogens is 492 g/mol. The highest BCUT2D eigenvalue weighted by molar-refractivity contribution is 9.10. The summed E-state index contributed by atoms with van der Waals surface area (Å²) < 4.78 is 12.4. The number of aryl methyl sites for hydroxylation is 3. The highest BCUT2D eigenvalue weighted by Gasteiger charge is 2.14. The van der Waals surface area contributed by atoms with Crippen LogP contribution in [0.2, 0.25) is 5.02 Å². The van der Waals surface area contributed by atoms with Crippen LogP contribution in [0.1, 0.15) is 23.6 Å². The van der Waals surface area contributed by atoms with Gasteiger partial charge in [0.15, 0.2) is 12.2 Å². The lowest BCUT2D eigenvalue weighted by Gasteiger charge is -2.13. The fourth-order valence-electron chi connectivity index (χ4n) is 3.48. The molecular formula is C25H22BrClN2O3. The second-order valence-electron chi connectivity index (χ2n) is 7.60. The molecule has 0 radical (unpaired) electrons. The van der Waals surface area contributed by atoms with Crippen LogP contribution in [-0.4, -0.2) is 17.5 Å². The lowest BCUT2D eigenvalue weighted by Crippen LogP contribution is -2.20. The Labute approximate surface area is 199 Å². The first-order chi connectivity index (χ1) is 15.3. The minimum Gasteiger partial charge on any atom is -0.482 e. The normalized spacial score (nSPS) is 11.0. The predicted octanol–water partition coefficient (Wildman–Crippen LogP) is 7.11. The molecule has 0 aliphatic carbocycles. The molecule has 5 nitrogen and oxygen atoms in total. The smallest absolute Gasteiger partial charge is 0.262 e. The number of hydrogen-bond donors (Lipinski definition) is 1. The molecule has 0 bridgehead atoms. The molecule has 3 aromatic carbocycles. The van der Waals surface area contributed by atoms with Crippen LogP contribution in [0.25, 0.3) is 22.6 Å². The van der Waals surface area contributed by atoms with Gasteiger partial charge in [0.2, 0.25) is 5.89 Å². The quantitative estimate of drug-likeness (QED) is 0.298. The molecule has 0 atom stereocenters. The number of fused-ring (bicyclic) bond motifs is 1. The average Bonchev–Trinajstić information content (AvgIpc) is 3.17. The maximum absolute atomic E-state index is 12.5. The van der Waals surface area contributed by atoms with Gasteiger partial charge in [0.05, 0.1) is 15.2 Å². The highest BCUT2D eigenvalue weighted by Crippen LogP contribution is 2.32. The Bertz CT molecular complexity index is 1290. The summed E-state index contributed by atoms with van der Waals surface area (Å²) in [6, 6.07) is 15.2. The third-order valence-electron chi connectivity index (χ3n) is 5.07. The van der Waals surface area contributed by atoms with E-state index in [0.29, 0.717) is 27.9 Å². The van der Waals surface area contributed by atoms with Crippen LogP contribution in [0.4, 0.5) is 5.69 Å². The summed E-state index contributed by atoms with van der Waals surface area (Å²) in [4.78, 5) is 17.1. The number of ether oxygens (including phenoxy) is 1. The second kappa shape index (κ2) is 9.35. The standard InChI is InChI=1S/C25H22BrClN2O3/c1-4-16-5-8-22-21(11-16)29-25(32-22)17-6-7-19(27)20(12-17)28-23(30)13-31-24-15(3)9-14(2)10-18(24)26/h5-12H,4,13H2,1-3H3,(H,28,30). The van der Waals surface area contributed by atoms with Gasteiger partial charge in [-0.3, -0.25) is 4.79 Å². The predicted molar refractivity (Wildman–Crippen MR) is 132 cm³/mol. The van der Waals surface area contributed by atoms with Gasteiger partial charge in [0.1, 0.15) is 11.3 Å². The number of carbonyl (C=O) groups is 1. The van der Waals surface area contributed by atoms with Crippen molar-refractivity contribution in [2.24, 2.45) is 0 Å². The van der Waals surface area contributed by atoms with Gasteiger partial charge in [0, 0.05) is 5.56 Å². The Hall–Kier alpha value is -2.83. The molecule has 0 unspecified atom stereocenters. The number of benzene rings is 3. The van der Waals surface area contributed by atoms with E-state index >= 15 is 0 Å². The second-order valence-corrected chi connectivity index (χ2v) is 8.86. The van der Waals surface area contributed by atoms with Crippen LogP contribution < -0.4 is 10.1 Å². The molecule has 0 aliphatic heterocycles. The fraction of sp³-hybridized carbons (Fsp3) is 0.200. The van der Waals surface area contributed by atoms with E-state index in [0.717, 1.165) is 33.1 Å². The zero-order valence-corrected chi connectivity index (χ0v) is 20.3. The first-order valence-electron chi connectivity index (χ1n) is 10.2. The first kappa shape index (κ1) is 22.4. The number of oxazole rings is 1. The van der Waals surface area contributed by atoms with E-state index in [4.69, 9.17) is 20.8 Å². The summed E-state index contributed by atoms with van der Waals surface area (Å²) in [7, 11) is 0. The molecule has 32 heavy (non-hydrogen) atoms. The molecule has 164 valence electrons. The van der Waals surface area contributed by atoms with Crippen molar-refractivity contribution in [2.75, 3.05) is 11.9 Å². The summed E-state index contributed by atoms with van der Waals surface area (Å²) >= 11 is 9.81. The highest BCUT2D eigenvalue weighted by atomic mass is 79.9. The minimum atomic E-state index is -0.318. The summed E-state index contributed by atoms with van der Waals surface area (Å²) in [5.74, 6) is 0.792. The molecule has 0 saturated carbocycles. The molecule has 0 fully saturated rings. The van der Waals surface area contributed by atoms with Crippen molar-refractivity contribution in [3.63, 3.8) is 0 Å². The van der Waals surface area contributed by atoms with E-state index in [-0.39, 0.29) is 12.5 Å². The van der Waals surface area contributed by atoms with E-state index in [2.05, 4.69) is 33.2 Å². The number of halogens is 2. The topological polar surface area (TPSA) is 64.4 Å². The van der Waals surface area contributed by atoms with Gasteiger partial charge in [-0.05, 0) is 89.3 Å². The number of nitrogens with one attached hydrogen (secondary N) is 1. The molecule has 1 aromatic heterocycles. The van der Waals surface area contributed by atoms with Gasteiger partial charge in [0.25, 0.3) is 5.91 Å². The SMILES string of the molecule is CCc1ccc2oc(-c3ccc(Cl)c(NC(=O)COc4c(C)cc(C)cc4Br)c3)nc2c1. The first-order valence-corrected chi connectivity index (χ1v) is 11.4. The Morgan fingerprint density at radius 1 is 1.16 bits per heavy atom. The summed E-state index contributed by atoms with van der Waals surface area (Å²) in [5, 5.41) is 3.23. The Morgan fingerprint density at radius 3 is 2.72 bits per heavy atom. The maximum atomic E-state index is 12.5. The van der Waals surface area contributed by atoms with Crippen molar-refractivity contribution in [1.82, 2.24) is 4.98 Å². The van der Waals surface area contributed by atoms with Crippen molar-refractivity contribution >= 4 is 50.2 Å². The molecule has 7 heteroatoms. The molecule has 1 heterocycles. The zero-order valence-electron chi connectivity index (χ0n) is 18.0. The van der Waals surface area contributed by atoms with E-state index in [1.165, 1.54) is 5.56 Å². The number of nitrogens with zero attached hydrogens (tertiary/aromatic N) is 1. The van der Waals surface area contributed by atoms with Gasteiger partial charge in [-0.25, -0.2) is 4.98 Å². The van der Waals surface area contributed by atoms with Gasteiger partial charge < -0.3 is 14.5 Å². The molecule has 4 rings (SSSR count). The molecule has 1 amide bonds. The molecule has 0 saturated heterocycles. The van der Waals surface area contributed by atoms with Crippen molar-refractivity contribution in [3.05, 3.63) is 74.7 Å². The Kier molecular flexibility index (Phi) is 6.53. The van der Waals surface area contributed by atoms with Crippen molar-refractivity contribution in [3.8, 4) is 17.2 Å². The minimum absolute atomic E-state index is 0.147. The van der Waals surface area contributed by atoms with Crippen LogP contribution in [0.3, 0.4) is 0 Å². The third-order valence-corrected chi connectivity index (χ3v) is 5.99. The molecule has 0 aliphatic rings. The van der Waals surface area contributed by atoms with Crippen LogP contribution in [0, 0.1) is 13.8 Å². The monoisotopic (exact) mass is 512 g/mol. The number of hydrogen-bond acceptors (Lipinski definition) is 4. The number of rotatable bonds is 6. The van der Waals surface area contributed by atoms with Crippen LogP contribution in [-0.2, 0) is 11.2 Å². The number of amides is 1. The average molecular weight is 514 g/mol. The van der Waals surface area contributed by atoms with Crippen molar-refractivity contribution in [2.45, 2.75) is 27.2 Å². The summed E-state index contributed by atoms with van der Waals surface area (Å²) in [5.41, 5.74) is 5.95. The van der Waals surface area contributed by atoms with Crippen LogP contribution in [0.5, 0.6) is 5.75 Å². The van der Waals surface area contributed by atoms with Crippen LogP contribution in [0.15, 0.2) is 57.4 Å². The molecule has 1 N–H and O–H groups in total. The number of anilines is 1. The third kappa shape index (κ3) is 4.81. The molecule has 0 spiro atoms. The van der Waals surface area contributed by atoms with Gasteiger partial charge in [-0.1, -0.05) is 30.7 Å². The van der Waals surface area contributed by atoms with E-state index in [1.54, 1.807) is 12.1 Å². The van der Waals surface area contributed by atoms with E-state index < -0.39 is 0 Å². The Morgan fingerprint density at radius 2 is 1.97 bits per heavy atom. The fourth-order valence-corrected chi connectivity index (χ4v) is 4.43. The van der Waals surface area contributed by atoms with Crippen molar-refractivity contribution in [1.29, 1.82) is 0 Å². The van der Waals surface area contributed by atoms with E-state index in [1.807, 2.05) is 50.2 Å². The lowest BCUT2D eigenvalue weighted by molar-refractivity contribution is -0.118. The zero-order chi connectivity index (χ0) is 22.8. The molecule has 4 aromatic rings. The maximum Gasteiger partial charge on any atom is 0.262 e. The lowest BCUT2D eigenvalue weighted by atomic mass is 10.1. The number of aromatic nitrogens is 1. The Balaban J connectivity index is 1.51. The van der Waals surface area contributed by atoms with E-state index in [9.17, 15) is 4.79 Å². The summed E-state index contributed by atoms with van der Waals surface area (Å²) in [6.45, 7) is 5.89. The van der Waals surface area contributed by atoms with Crippen molar-refractivity contribution < 1.29 is 13.9 Å². The van der Waals surface area contributed by atoms with Crippen LogP contribution >= 0.6 is 27.5 Å². The van der Waals surface area contributed by atoms with Gasteiger partial charge in [-0.15, -0.1) is 0 Å².